The summed E-state index contributed by atoms with van der Waals surface area (Å²) in [6.07, 6.45) is 3.48. The summed E-state index contributed by atoms with van der Waals surface area (Å²) in [5, 5.41) is 6.00. The Morgan fingerprint density at radius 2 is 2.17 bits per heavy atom. The normalized spacial score (nSPS) is 21.0. The number of rotatable bonds is 4. The summed E-state index contributed by atoms with van der Waals surface area (Å²) < 4.78 is 5.20. The molecule has 0 radical (unpaired) electrons. The fourth-order valence-corrected chi connectivity index (χ4v) is 2.82. The lowest BCUT2D eigenvalue weighted by atomic mass is 9.89. The van der Waals surface area contributed by atoms with Gasteiger partial charge in [-0.1, -0.05) is 48.0 Å². The monoisotopic (exact) mass is 354 g/mol. The van der Waals surface area contributed by atoms with E-state index in [2.05, 4.69) is 17.2 Å². The summed E-state index contributed by atoms with van der Waals surface area (Å²) in [5.74, 6) is -1.30. The van der Waals surface area contributed by atoms with Gasteiger partial charge < -0.3 is 15.4 Å². The number of esters is 1. The highest BCUT2D eigenvalue weighted by Crippen LogP contribution is 2.35. The third kappa shape index (κ3) is 4.06. The first-order chi connectivity index (χ1) is 10.9. The summed E-state index contributed by atoms with van der Waals surface area (Å²) in [4.78, 5) is 24.1. The molecule has 1 aromatic rings. The lowest BCUT2D eigenvalue weighted by Gasteiger charge is -2.33. The van der Waals surface area contributed by atoms with Gasteiger partial charge in [-0.2, -0.15) is 0 Å². The van der Waals surface area contributed by atoms with Gasteiger partial charge in [0, 0.05) is 15.7 Å². The Morgan fingerprint density at radius 1 is 1.43 bits per heavy atom. The second-order valence-electron chi connectivity index (χ2n) is 4.94. The molecule has 23 heavy (non-hydrogen) atoms. The highest BCUT2D eigenvalue weighted by molar-refractivity contribution is 6.35. The first-order valence-electron chi connectivity index (χ1n) is 6.93. The zero-order chi connectivity index (χ0) is 17.0. The molecular formula is C16H16Cl2N2O3. The van der Waals surface area contributed by atoms with Crippen LogP contribution < -0.4 is 10.6 Å². The molecule has 0 saturated carbocycles. The van der Waals surface area contributed by atoms with Crippen LogP contribution in [0.1, 0.15) is 18.5 Å². The number of urea groups is 1. The maximum Gasteiger partial charge on any atom is 0.319 e. The molecule has 2 rings (SSSR count). The number of halogens is 2. The van der Waals surface area contributed by atoms with Crippen LogP contribution in [0.25, 0.3) is 0 Å². The number of allylic oxidation sites excluding steroid dienone is 1. The van der Waals surface area contributed by atoms with Crippen molar-refractivity contribution >= 4 is 35.2 Å². The van der Waals surface area contributed by atoms with Crippen molar-refractivity contribution in [2.24, 2.45) is 5.92 Å². The van der Waals surface area contributed by atoms with Crippen molar-refractivity contribution in [3.8, 4) is 0 Å². The molecule has 1 aromatic carbocycles. The lowest BCUT2D eigenvalue weighted by molar-refractivity contribution is -0.147. The van der Waals surface area contributed by atoms with Gasteiger partial charge in [0.05, 0.1) is 6.04 Å². The van der Waals surface area contributed by atoms with Gasteiger partial charge in [-0.05, 0) is 24.6 Å². The summed E-state index contributed by atoms with van der Waals surface area (Å²) >= 11 is 12.1. The van der Waals surface area contributed by atoms with E-state index < -0.39 is 24.0 Å². The van der Waals surface area contributed by atoms with Crippen molar-refractivity contribution in [3.63, 3.8) is 0 Å². The van der Waals surface area contributed by atoms with E-state index in [0.717, 1.165) is 0 Å². The molecule has 0 bridgehead atoms. The minimum Gasteiger partial charge on any atom is -0.461 e. The van der Waals surface area contributed by atoms with E-state index >= 15 is 0 Å². The maximum absolute atomic E-state index is 12.4. The number of benzene rings is 1. The third-order valence-electron chi connectivity index (χ3n) is 3.38. The highest BCUT2D eigenvalue weighted by atomic mass is 35.5. The Balaban J connectivity index is 2.33. The average molecular weight is 355 g/mol. The van der Waals surface area contributed by atoms with Crippen LogP contribution in [0.2, 0.25) is 10.0 Å². The predicted molar refractivity (Wildman–Crippen MR) is 89.3 cm³/mol. The quantitative estimate of drug-likeness (QED) is 0.641. The van der Waals surface area contributed by atoms with Crippen molar-refractivity contribution in [3.05, 3.63) is 58.2 Å². The van der Waals surface area contributed by atoms with Crippen LogP contribution in [-0.4, -0.2) is 18.6 Å². The first-order valence-corrected chi connectivity index (χ1v) is 7.68. The Hall–Kier alpha value is -1.98. The van der Waals surface area contributed by atoms with E-state index in [1.54, 1.807) is 30.4 Å². The van der Waals surface area contributed by atoms with E-state index in [0.29, 0.717) is 15.6 Å². The van der Waals surface area contributed by atoms with Crippen molar-refractivity contribution in [2.75, 3.05) is 6.61 Å². The molecule has 2 N–H and O–H groups in total. The molecule has 5 nitrogen and oxygen atoms in total. The highest BCUT2D eigenvalue weighted by Gasteiger charge is 2.39. The molecule has 1 heterocycles. The Kier molecular flexibility index (Phi) is 5.69. The Morgan fingerprint density at radius 3 is 2.83 bits per heavy atom. The number of carbonyl (C=O) groups is 2. The van der Waals surface area contributed by atoms with Gasteiger partial charge in [0.2, 0.25) is 0 Å². The third-order valence-corrected chi connectivity index (χ3v) is 3.94. The number of carbonyl (C=O) groups excluding carboxylic acids is 2. The van der Waals surface area contributed by atoms with Gasteiger partial charge >= 0.3 is 12.0 Å². The van der Waals surface area contributed by atoms with Crippen molar-refractivity contribution in [2.45, 2.75) is 13.0 Å². The van der Waals surface area contributed by atoms with Crippen LogP contribution in [0.4, 0.5) is 4.79 Å². The fourth-order valence-electron chi connectivity index (χ4n) is 2.29. The standard InChI is InChI=1S/C16H16Cl2N2O3/c1-3-4-7-23-15(21)13-9(2)19-16(22)20-14(13)11-6-5-10(17)8-12(11)18/h3-6,8,13-14H,2,7H2,1H3,(H2,19,20,22)/b4-3+/t13-,14+/m1/s1. The zero-order valence-corrected chi connectivity index (χ0v) is 13.9. The molecule has 1 fully saturated rings. The van der Waals surface area contributed by atoms with Gasteiger partial charge in [0.1, 0.15) is 12.5 Å². The van der Waals surface area contributed by atoms with Crippen LogP contribution in [0.3, 0.4) is 0 Å². The van der Waals surface area contributed by atoms with Gasteiger partial charge in [0.25, 0.3) is 0 Å². The molecular weight excluding hydrogens is 339 g/mol. The molecule has 122 valence electrons. The van der Waals surface area contributed by atoms with Crippen LogP contribution in [0.5, 0.6) is 0 Å². The van der Waals surface area contributed by atoms with Crippen LogP contribution in [0, 0.1) is 5.92 Å². The number of ether oxygens (including phenoxy) is 1. The molecule has 1 aliphatic rings. The minimum absolute atomic E-state index is 0.147. The van der Waals surface area contributed by atoms with Crippen molar-refractivity contribution in [1.82, 2.24) is 10.6 Å². The van der Waals surface area contributed by atoms with E-state index in [9.17, 15) is 9.59 Å². The van der Waals surface area contributed by atoms with E-state index in [1.807, 2.05) is 6.92 Å². The Bertz CT molecular complexity index is 673. The summed E-state index contributed by atoms with van der Waals surface area (Å²) in [6, 6.07) is 3.72. The van der Waals surface area contributed by atoms with Crippen LogP contribution in [0.15, 0.2) is 42.6 Å². The molecule has 0 aliphatic carbocycles. The van der Waals surface area contributed by atoms with Gasteiger partial charge in [-0.3, -0.25) is 4.79 Å². The Labute approximate surface area is 144 Å². The first kappa shape index (κ1) is 17.4. The van der Waals surface area contributed by atoms with Crippen LogP contribution >= 0.6 is 23.2 Å². The number of amides is 2. The molecule has 2 atom stereocenters. The summed E-state index contributed by atoms with van der Waals surface area (Å²) in [5.41, 5.74) is 0.829. The molecule has 0 aromatic heterocycles. The second-order valence-corrected chi connectivity index (χ2v) is 5.79. The van der Waals surface area contributed by atoms with Crippen molar-refractivity contribution in [1.29, 1.82) is 0 Å². The van der Waals surface area contributed by atoms with E-state index in [-0.39, 0.29) is 12.3 Å². The topological polar surface area (TPSA) is 67.4 Å². The predicted octanol–water partition coefficient (Wildman–Crippen LogP) is 3.60. The van der Waals surface area contributed by atoms with E-state index in [4.69, 9.17) is 27.9 Å². The maximum atomic E-state index is 12.4. The number of hydrogen-bond donors (Lipinski definition) is 2. The molecule has 2 amide bonds. The smallest absolute Gasteiger partial charge is 0.319 e. The minimum atomic E-state index is -0.795. The largest absolute Gasteiger partial charge is 0.461 e. The van der Waals surface area contributed by atoms with Crippen LogP contribution in [-0.2, 0) is 9.53 Å². The molecule has 7 heteroatoms. The SMILES string of the molecule is C=C1NC(=O)N[C@@H](c2ccc(Cl)cc2Cl)[C@@H]1C(=O)OC/C=C/C. The van der Waals surface area contributed by atoms with Gasteiger partial charge in [-0.15, -0.1) is 0 Å². The molecule has 0 spiro atoms. The lowest BCUT2D eigenvalue weighted by Crippen LogP contribution is -2.51. The van der Waals surface area contributed by atoms with Gasteiger partial charge in [-0.25, -0.2) is 4.79 Å². The van der Waals surface area contributed by atoms with E-state index in [1.165, 1.54) is 0 Å². The second kappa shape index (κ2) is 7.53. The number of hydrogen-bond acceptors (Lipinski definition) is 3. The fraction of sp³-hybridized carbons (Fsp3) is 0.250. The van der Waals surface area contributed by atoms with Crippen molar-refractivity contribution < 1.29 is 14.3 Å². The summed E-state index contributed by atoms with van der Waals surface area (Å²) in [7, 11) is 0. The molecule has 1 saturated heterocycles. The molecule has 0 unspecified atom stereocenters. The van der Waals surface area contributed by atoms with Gasteiger partial charge in [0.15, 0.2) is 0 Å². The number of nitrogens with one attached hydrogen (secondary N) is 2. The zero-order valence-electron chi connectivity index (χ0n) is 12.4. The summed E-state index contributed by atoms with van der Waals surface area (Å²) in [6.45, 7) is 5.73. The average Bonchev–Trinajstić information content (AvgIpc) is 2.46. The molecule has 1 aliphatic heterocycles.